The Morgan fingerprint density at radius 3 is 2.91 bits per heavy atom. The second-order valence-electron chi connectivity index (χ2n) is 5.75. The van der Waals surface area contributed by atoms with Crippen molar-refractivity contribution >= 4 is 17.7 Å². The lowest BCUT2D eigenvalue weighted by atomic mass is 9.92. The summed E-state index contributed by atoms with van der Waals surface area (Å²) in [5.41, 5.74) is 0.0152. The van der Waals surface area contributed by atoms with E-state index >= 15 is 0 Å². The van der Waals surface area contributed by atoms with Crippen LogP contribution in [-0.4, -0.2) is 54.8 Å². The zero-order valence-corrected chi connectivity index (χ0v) is 13.5. The molecule has 0 spiro atoms. The number of carbonyl (C=O) groups is 2. The summed E-state index contributed by atoms with van der Waals surface area (Å²) in [7, 11) is 1.59. The van der Waals surface area contributed by atoms with Gasteiger partial charge in [0.15, 0.2) is 5.69 Å². The Morgan fingerprint density at radius 2 is 2.22 bits per heavy atom. The van der Waals surface area contributed by atoms with E-state index in [0.29, 0.717) is 25.5 Å². The number of hydrogen-bond acceptors (Lipinski definition) is 5. The van der Waals surface area contributed by atoms with E-state index in [2.05, 4.69) is 17.2 Å². The molecule has 1 aromatic rings. The van der Waals surface area contributed by atoms with E-state index in [1.807, 2.05) is 4.90 Å². The molecule has 2 rings (SSSR count). The molecule has 1 amide bonds. The Labute approximate surface area is 135 Å². The minimum atomic E-state index is -1.05. The number of rotatable bonds is 6. The number of carboxylic acids is 1. The molecular weight excluding hydrogens is 298 g/mol. The molecule has 126 valence electrons. The highest BCUT2D eigenvalue weighted by Gasteiger charge is 2.30. The number of nitrogens with one attached hydrogen (secondary N) is 1. The lowest BCUT2D eigenvalue weighted by Crippen LogP contribution is -2.47. The van der Waals surface area contributed by atoms with Crippen LogP contribution in [0, 0.1) is 5.92 Å². The van der Waals surface area contributed by atoms with E-state index in [0.717, 1.165) is 12.8 Å². The Morgan fingerprint density at radius 1 is 1.43 bits per heavy atom. The maximum atomic E-state index is 12.2. The SMILES string of the molecule is COCCNC(=O)C1CCC(C)N(c2cccc(C(=O)O)n2)C1. The lowest BCUT2D eigenvalue weighted by molar-refractivity contribution is -0.125. The Kier molecular flexibility index (Phi) is 5.92. The minimum Gasteiger partial charge on any atom is -0.477 e. The van der Waals surface area contributed by atoms with Crippen molar-refractivity contribution in [1.82, 2.24) is 10.3 Å². The van der Waals surface area contributed by atoms with Crippen molar-refractivity contribution in [2.75, 3.05) is 31.7 Å². The van der Waals surface area contributed by atoms with Gasteiger partial charge in [0.1, 0.15) is 5.82 Å². The summed E-state index contributed by atoms with van der Waals surface area (Å²) in [4.78, 5) is 29.5. The van der Waals surface area contributed by atoms with Crippen LogP contribution < -0.4 is 10.2 Å². The van der Waals surface area contributed by atoms with E-state index < -0.39 is 5.97 Å². The fraction of sp³-hybridized carbons (Fsp3) is 0.562. The molecule has 0 bridgehead atoms. The second-order valence-corrected chi connectivity index (χ2v) is 5.75. The van der Waals surface area contributed by atoms with Gasteiger partial charge in [-0.3, -0.25) is 4.79 Å². The first kappa shape index (κ1) is 17.2. The molecule has 1 fully saturated rings. The average Bonchev–Trinajstić information content (AvgIpc) is 2.55. The first-order valence-electron chi connectivity index (χ1n) is 7.76. The normalized spacial score (nSPS) is 21.0. The zero-order chi connectivity index (χ0) is 16.8. The minimum absolute atomic E-state index is 0.00772. The molecule has 0 saturated carbocycles. The number of anilines is 1. The summed E-state index contributed by atoms with van der Waals surface area (Å²) in [6, 6.07) is 5.15. The quantitative estimate of drug-likeness (QED) is 0.764. The number of nitrogens with zero attached hydrogens (tertiary/aromatic N) is 2. The Hall–Kier alpha value is -2.15. The van der Waals surface area contributed by atoms with Crippen molar-refractivity contribution in [2.45, 2.75) is 25.8 Å². The summed E-state index contributed by atoms with van der Waals surface area (Å²) in [5.74, 6) is -0.566. The molecule has 1 aromatic heterocycles. The van der Waals surface area contributed by atoms with E-state index in [1.54, 1.807) is 19.2 Å². The van der Waals surface area contributed by atoms with Crippen LogP contribution in [0.25, 0.3) is 0 Å². The van der Waals surface area contributed by atoms with Crippen LogP contribution >= 0.6 is 0 Å². The molecule has 1 saturated heterocycles. The summed E-state index contributed by atoms with van der Waals surface area (Å²) in [6.45, 7) is 3.58. The number of aromatic carboxylic acids is 1. The average molecular weight is 321 g/mol. The number of amides is 1. The van der Waals surface area contributed by atoms with Gasteiger partial charge in [-0.05, 0) is 31.9 Å². The maximum Gasteiger partial charge on any atom is 0.354 e. The van der Waals surface area contributed by atoms with Crippen molar-refractivity contribution in [3.8, 4) is 0 Å². The predicted molar refractivity (Wildman–Crippen MR) is 85.6 cm³/mol. The van der Waals surface area contributed by atoms with Gasteiger partial charge in [-0.1, -0.05) is 6.07 Å². The van der Waals surface area contributed by atoms with Gasteiger partial charge in [0.25, 0.3) is 0 Å². The molecule has 1 aliphatic rings. The number of carbonyl (C=O) groups excluding carboxylic acids is 1. The van der Waals surface area contributed by atoms with Crippen molar-refractivity contribution in [3.05, 3.63) is 23.9 Å². The third-order valence-corrected chi connectivity index (χ3v) is 4.11. The molecule has 2 atom stereocenters. The van der Waals surface area contributed by atoms with Crippen LogP contribution in [0.1, 0.15) is 30.3 Å². The van der Waals surface area contributed by atoms with Gasteiger partial charge in [0, 0.05) is 26.2 Å². The summed E-state index contributed by atoms with van der Waals surface area (Å²) >= 11 is 0. The molecule has 2 heterocycles. The maximum absolute atomic E-state index is 12.2. The van der Waals surface area contributed by atoms with Crippen LogP contribution in [0.3, 0.4) is 0 Å². The Bertz CT molecular complexity index is 564. The lowest BCUT2D eigenvalue weighted by Gasteiger charge is -2.38. The third kappa shape index (κ3) is 4.41. The van der Waals surface area contributed by atoms with E-state index in [1.165, 1.54) is 6.07 Å². The molecule has 0 aliphatic carbocycles. The van der Waals surface area contributed by atoms with Gasteiger partial charge in [-0.2, -0.15) is 0 Å². The molecule has 2 unspecified atom stereocenters. The molecule has 2 N–H and O–H groups in total. The van der Waals surface area contributed by atoms with Gasteiger partial charge in [-0.15, -0.1) is 0 Å². The van der Waals surface area contributed by atoms with Crippen LogP contribution in [0.2, 0.25) is 0 Å². The van der Waals surface area contributed by atoms with Gasteiger partial charge in [-0.25, -0.2) is 9.78 Å². The number of carboxylic acid groups (broad SMARTS) is 1. The van der Waals surface area contributed by atoms with Gasteiger partial charge in [0.05, 0.1) is 12.5 Å². The molecule has 23 heavy (non-hydrogen) atoms. The van der Waals surface area contributed by atoms with E-state index in [-0.39, 0.29) is 23.6 Å². The fourth-order valence-corrected chi connectivity index (χ4v) is 2.76. The highest BCUT2D eigenvalue weighted by molar-refractivity contribution is 5.85. The zero-order valence-electron chi connectivity index (χ0n) is 13.5. The topological polar surface area (TPSA) is 91.8 Å². The van der Waals surface area contributed by atoms with Gasteiger partial charge >= 0.3 is 5.97 Å². The summed E-state index contributed by atoms with van der Waals surface area (Å²) in [6.07, 6.45) is 1.68. The number of hydrogen-bond donors (Lipinski definition) is 2. The number of aromatic nitrogens is 1. The molecule has 1 aliphatic heterocycles. The number of pyridine rings is 1. The monoisotopic (exact) mass is 321 g/mol. The van der Waals surface area contributed by atoms with E-state index in [4.69, 9.17) is 9.84 Å². The smallest absolute Gasteiger partial charge is 0.354 e. The molecular formula is C16H23N3O4. The number of methoxy groups -OCH3 is 1. The van der Waals surface area contributed by atoms with Crippen molar-refractivity contribution in [1.29, 1.82) is 0 Å². The summed E-state index contributed by atoms with van der Waals surface area (Å²) < 4.78 is 4.93. The van der Waals surface area contributed by atoms with Crippen LogP contribution in [0.5, 0.6) is 0 Å². The third-order valence-electron chi connectivity index (χ3n) is 4.11. The van der Waals surface area contributed by atoms with Crippen LogP contribution in [0.15, 0.2) is 18.2 Å². The Balaban J connectivity index is 2.07. The largest absolute Gasteiger partial charge is 0.477 e. The highest BCUT2D eigenvalue weighted by Crippen LogP contribution is 2.26. The fourth-order valence-electron chi connectivity index (χ4n) is 2.76. The second kappa shape index (κ2) is 7.92. The molecule has 0 radical (unpaired) electrons. The van der Waals surface area contributed by atoms with Crippen LogP contribution in [-0.2, 0) is 9.53 Å². The molecule has 7 nitrogen and oxygen atoms in total. The number of ether oxygens (including phenoxy) is 1. The number of piperidine rings is 1. The van der Waals surface area contributed by atoms with Crippen molar-refractivity contribution in [3.63, 3.8) is 0 Å². The van der Waals surface area contributed by atoms with Crippen molar-refractivity contribution in [2.24, 2.45) is 5.92 Å². The summed E-state index contributed by atoms with van der Waals surface area (Å²) in [5, 5.41) is 11.9. The highest BCUT2D eigenvalue weighted by atomic mass is 16.5. The van der Waals surface area contributed by atoms with E-state index in [9.17, 15) is 9.59 Å². The standard InChI is InChI=1S/C16H23N3O4/c1-11-6-7-12(15(20)17-8-9-23-2)10-19(11)14-5-3-4-13(18-14)16(21)22/h3-5,11-12H,6-10H2,1-2H3,(H,17,20)(H,21,22). The first-order valence-corrected chi connectivity index (χ1v) is 7.76. The van der Waals surface area contributed by atoms with Gasteiger partial charge in [0.2, 0.25) is 5.91 Å². The van der Waals surface area contributed by atoms with Crippen molar-refractivity contribution < 1.29 is 19.4 Å². The molecule has 7 heteroatoms. The van der Waals surface area contributed by atoms with Crippen LogP contribution in [0.4, 0.5) is 5.82 Å². The molecule has 0 aromatic carbocycles. The first-order chi connectivity index (χ1) is 11.0. The van der Waals surface area contributed by atoms with Gasteiger partial charge < -0.3 is 20.1 Å². The predicted octanol–water partition coefficient (Wildman–Crippen LogP) is 1.15.